The minimum atomic E-state index is -0.118. The van der Waals surface area contributed by atoms with Gasteiger partial charge < -0.3 is 10.2 Å². The van der Waals surface area contributed by atoms with Gasteiger partial charge in [-0.3, -0.25) is 9.69 Å². The first-order chi connectivity index (χ1) is 12.6. The van der Waals surface area contributed by atoms with Crippen molar-refractivity contribution in [1.82, 2.24) is 20.2 Å². The number of hydrogen-bond donors (Lipinski definition) is 1. The van der Waals surface area contributed by atoms with Crippen molar-refractivity contribution in [3.8, 4) is 0 Å². The summed E-state index contributed by atoms with van der Waals surface area (Å²) in [7, 11) is 0. The molecule has 4 rings (SSSR count). The maximum atomic E-state index is 12.9. The van der Waals surface area contributed by atoms with E-state index in [1.54, 1.807) is 16.2 Å². The monoisotopic (exact) mass is 391 g/mol. The van der Waals surface area contributed by atoms with E-state index in [0.717, 1.165) is 42.2 Å². The number of aryl methyl sites for hydroxylation is 1. The Morgan fingerprint density at radius 2 is 2.15 bits per heavy atom. The van der Waals surface area contributed by atoms with Crippen LogP contribution in [-0.2, 0) is 11.2 Å². The molecule has 0 bridgehead atoms. The van der Waals surface area contributed by atoms with Crippen LogP contribution < -0.4 is 10.2 Å². The predicted octanol–water partition coefficient (Wildman–Crippen LogP) is 2.73. The van der Waals surface area contributed by atoms with E-state index in [1.807, 2.05) is 22.6 Å². The van der Waals surface area contributed by atoms with Crippen molar-refractivity contribution < 1.29 is 9.59 Å². The summed E-state index contributed by atoms with van der Waals surface area (Å²) >= 11 is 3.05. The summed E-state index contributed by atoms with van der Waals surface area (Å²) in [5.41, 5.74) is 1.74. The number of amides is 3. The fourth-order valence-corrected chi connectivity index (χ4v) is 5.22. The number of thiazole rings is 2. The summed E-state index contributed by atoms with van der Waals surface area (Å²) in [6, 6.07) is -0.0372. The molecule has 138 valence electrons. The normalized spacial score (nSPS) is 20.5. The van der Waals surface area contributed by atoms with Gasteiger partial charge in [-0.1, -0.05) is 0 Å². The Morgan fingerprint density at radius 3 is 2.88 bits per heavy atom. The highest BCUT2D eigenvalue weighted by Crippen LogP contribution is 2.33. The van der Waals surface area contributed by atoms with Crippen molar-refractivity contribution in [2.75, 3.05) is 24.5 Å². The number of anilines is 1. The molecule has 0 unspecified atom stereocenters. The van der Waals surface area contributed by atoms with E-state index in [9.17, 15) is 9.59 Å². The topological polar surface area (TPSA) is 78.4 Å². The number of rotatable bonds is 4. The lowest BCUT2D eigenvalue weighted by molar-refractivity contribution is -0.134. The third kappa shape index (κ3) is 3.45. The van der Waals surface area contributed by atoms with E-state index in [2.05, 4.69) is 15.3 Å². The Labute approximate surface area is 160 Å². The highest BCUT2D eigenvalue weighted by Gasteiger charge is 2.30. The van der Waals surface area contributed by atoms with Crippen LogP contribution in [0.25, 0.3) is 0 Å². The number of aromatic nitrogens is 2. The maximum absolute atomic E-state index is 12.9. The molecule has 0 aliphatic carbocycles. The first-order valence-corrected chi connectivity index (χ1v) is 10.6. The lowest BCUT2D eigenvalue weighted by Crippen LogP contribution is -2.39. The molecule has 1 atom stereocenters. The number of carbonyl (C=O) groups excluding carboxylic acids is 2. The molecule has 4 heterocycles. The summed E-state index contributed by atoms with van der Waals surface area (Å²) in [5.74, 6) is 0.0882. The molecule has 3 amide bonds. The van der Waals surface area contributed by atoms with Gasteiger partial charge in [0.1, 0.15) is 5.01 Å². The molecule has 2 aliphatic rings. The van der Waals surface area contributed by atoms with Gasteiger partial charge in [0.2, 0.25) is 5.91 Å². The van der Waals surface area contributed by atoms with Crippen LogP contribution in [-0.4, -0.2) is 46.4 Å². The number of nitrogens with zero attached hydrogens (tertiary/aromatic N) is 4. The van der Waals surface area contributed by atoms with E-state index < -0.39 is 0 Å². The summed E-state index contributed by atoms with van der Waals surface area (Å²) in [6.45, 7) is 4.01. The molecule has 2 aliphatic heterocycles. The molecule has 2 saturated heterocycles. The van der Waals surface area contributed by atoms with Gasteiger partial charge >= 0.3 is 6.03 Å². The van der Waals surface area contributed by atoms with Crippen LogP contribution in [0.1, 0.15) is 41.7 Å². The van der Waals surface area contributed by atoms with Gasteiger partial charge in [-0.15, -0.1) is 22.7 Å². The molecule has 2 fully saturated rings. The van der Waals surface area contributed by atoms with Gasteiger partial charge in [-0.05, 0) is 26.2 Å². The van der Waals surface area contributed by atoms with E-state index in [-0.39, 0.29) is 24.4 Å². The van der Waals surface area contributed by atoms with Crippen molar-refractivity contribution >= 4 is 39.7 Å². The van der Waals surface area contributed by atoms with Crippen LogP contribution in [0.2, 0.25) is 0 Å². The second-order valence-electron chi connectivity index (χ2n) is 6.61. The smallest absolute Gasteiger partial charge is 0.323 e. The van der Waals surface area contributed by atoms with Crippen molar-refractivity contribution in [3.63, 3.8) is 0 Å². The van der Waals surface area contributed by atoms with Gasteiger partial charge in [0.15, 0.2) is 5.13 Å². The van der Waals surface area contributed by atoms with E-state index in [0.29, 0.717) is 18.2 Å². The maximum Gasteiger partial charge on any atom is 0.323 e. The molecule has 0 aromatic carbocycles. The average molecular weight is 392 g/mol. The Morgan fingerprint density at radius 1 is 1.27 bits per heavy atom. The highest BCUT2D eigenvalue weighted by atomic mass is 32.1. The summed E-state index contributed by atoms with van der Waals surface area (Å²) < 4.78 is 0. The zero-order chi connectivity index (χ0) is 18.1. The molecule has 9 heteroatoms. The third-order valence-corrected chi connectivity index (χ3v) is 6.68. The fraction of sp³-hybridized carbons (Fsp3) is 0.529. The van der Waals surface area contributed by atoms with E-state index in [4.69, 9.17) is 0 Å². The lowest BCUT2D eigenvalue weighted by atomic mass is 10.0. The average Bonchev–Trinajstić information content (AvgIpc) is 3.36. The first-order valence-electron chi connectivity index (χ1n) is 8.83. The van der Waals surface area contributed by atoms with Crippen LogP contribution in [0.5, 0.6) is 0 Å². The van der Waals surface area contributed by atoms with Gasteiger partial charge in [0.25, 0.3) is 0 Å². The SMILES string of the molecule is Cc1csc([C@@H]2CCCCN2C(=O)Cc2csc(N3CCNC3=O)n2)n1. The molecular formula is C17H21N5O2S2. The van der Waals surface area contributed by atoms with Crippen molar-refractivity contribution in [2.45, 2.75) is 38.6 Å². The summed E-state index contributed by atoms with van der Waals surface area (Å²) in [5, 5.41) is 8.38. The van der Waals surface area contributed by atoms with E-state index >= 15 is 0 Å². The molecule has 26 heavy (non-hydrogen) atoms. The van der Waals surface area contributed by atoms with E-state index in [1.165, 1.54) is 11.3 Å². The number of hydrogen-bond acceptors (Lipinski definition) is 6. The third-order valence-electron chi connectivity index (χ3n) is 4.70. The second kappa shape index (κ2) is 7.32. The molecule has 0 saturated carbocycles. The molecular weight excluding hydrogens is 370 g/mol. The van der Waals surface area contributed by atoms with Gasteiger partial charge in [-0.2, -0.15) is 0 Å². The molecule has 7 nitrogen and oxygen atoms in total. The number of nitrogens with one attached hydrogen (secondary N) is 1. The zero-order valence-corrected chi connectivity index (χ0v) is 16.2. The molecule has 2 aromatic rings. The Bertz CT molecular complexity index is 818. The van der Waals surface area contributed by atoms with Crippen molar-refractivity contribution in [2.24, 2.45) is 0 Å². The molecule has 0 spiro atoms. The lowest BCUT2D eigenvalue weighted by Gasteiger charge is -2.34. The number of piperidine rings is 1. The van der Waals surface area contributed by atoms with Crippen LogP contribution in [0.3, 0.4) is 0 Å². The summed E-state index contributed by atoms with van der Waals surface area (Å²) in [6.07, 6.45) is 3.39. The zero-order valence-electron chi connectivity index (χ0n) is 14.6. The highest BCUT2D eigenvalue weighted by molar-refractivity contribution is 7.14. The minimum absolute atomic E-state index is 0.0809. The molecule has 0 radical (unpaired) electrons. The minimum Gasteiger partial charge on any atom is -0.336 e. The number of likely N-dealkylation sites (tertiary alicyclic amines) is 1. The largest absolute Gasteiger partial charge is 0.336 e. The van der Waals surface area contributed by atoms with Crippen LogP contribution in [0.15, 0.2) is 10.8 Å². The van der Waals surface area contributed by atoms with Gasteiger partial charge in [0.05, 0.1) is 18.2 Å². The standard InChI is InChI=1S/C17H21N5O2S2/c1-11-9-25-15(19-11)13-4-2-3-6-21(13)14(23)8-12-10-26-17(20-12)22-7-5-18-16(22)24/h9-10,13H,2-8H2,1H3,(H,18,24)/t13-/m0/s1. The number of urea groups is 1. The van der Waals surface area contributed by atoms with Gasteiger partial charge in [-0.25, -0.2) is 14.8 Å². The van der Waals surface area contributed by atoms with Crippen molar-refractivity contribution in [1.29, 1.82) is 0 Å². The van der Waals surface area contributed by atoms with Crippen molar-refractivity contribution in [3.05, 3.63) is 27.2 Å². The fourth-order valence-electron chi connectivity index (χ4n) is 3.42. The Hall–Kier alpha value is -2.00. The van der Waals surface area contributed by atoms with Gasteiger partial charge in [0, 0.05) is 36.1 Å². The Kier molecular flexibility index (Phi) is 4.90. The van der Waals surface area contributed by atoms with Crippen LogP contribution >= 0.6 is 22.7 Å². The Balaban J connectivity index is 1.46. The first kappa shape index (κ1) is 17.4. The quantitative estimate of drug-likeness (QED) is 0.869. The number of carbonyl (C=O) groups is 2. The molecule has 2 aromatic heterocycles. The van der Waals surface area contributed by atoms with Crippen LogP contribution in [0.4, 0.5) is 9.93 Å². The second-order valence-corrected chi connectivity index (χ2v) is 8.33. The summed E-state index contributed by atoms with van der Waals surface area (Å²) in [4.78, 5) is 37.4. The molecule has 1 N–H and O–H groups in total. The predicted molar refractivity (Wildman–Crippen MR) is 102 cm³/mol. The van der Waals surface area contributed by atoms with Crippen LogP contribution in [0, 0.1) is 6.92 Å².